The van der Waals surface area contributed by atoms with Gasteiger partial charge in [-0.3, -0.25) is 4.79 Å². The number of aryl methyl sites for hydroxylation is 1. The Kier molecular flexibility index (Phi) is 4.48. The predicted molar refractivity (Wildman–Crippen MR) is 85.8 cm³/mol. The number of nitrogen functional groups attached to an aromatic ring is 1. The summed E-state index contributed by atoms with van der Waals surface area (Å²) >= 11 is 0. The Hall–Kier alpha value is -2.49. The van der Waals surface area contributed by atoms with Crippen LogP contribution in [0.4, 0.5) is 11.4 Å². The van der Waals surface area contributed by atoms with Gasteiger partial charge in [-0.05, 0) is 45.0 Å². The lowest BCUT2D eigenvalue weighted by Crippen LogP contribution is -2.16. The second-order valence-electron chi connectivity index (χ2n) is 5.21. The van der Waals surface area contributed by atoms with Crippen LogP contribution in [0.3, 0.4) is 0 Å². The molecule has 0 aliphatic carbocycles. The summed E-state index contributed by atoms with van der Waals surface area (Å²) in [5.41, 5.74) is 8.42. The first-order valence-corrected chi connectivity index (χ1v) is 6.90. The van der Waals surface area contributed by atoms with Gasteiger partial charge in [0, 0.05) is 5.69 Å². The van der Waals surface area contributed by atoms with E-state index in [1.807, 2.05) is 51.1 Å². The SMILES string of the molecule is Cc1ccc(N)c(C(=O)Nc2ccccc2OC(C)C)c1. The molecule has 2 aromatic carbocycles. The van der Waals surface area contributed by atoms with Gasteiger partial charge in [0.2, 0.25) is 0 Å². The molecule has 0 atom stereocenters. The predicted octanol–water partition coefficient (Wildman–Crippen LogP) is 3.62. The molecule has 21 heavy (non-hydrogen) atoms. The number of amides is 1. The van der Waals surface area contributed by atoms with E-state index >= 15 is 0 Å². The molecule has 0 saturated heterocycles. The molecule has 0 aromatic heterocycles. The van der Waals surface area contributed by atoms with Crippen molar-refractivity contribution >= 4 is 17.3 Å². The average Bonchev–Trinajstić information content (AvgIpc) is 2.43. The zero-order valence-corrected chi connectivity index (χ0v) is 12.5. The van der Waals surface area contributed by atoms with Crippen LogP contribution in [-0.4, -0.2) is 12.0 Å². The summed E-state index contributed by atoms with van der Waals surface area (Å²) in [6.07, 6.45) is 0.0343. The second kappa shape index (κ2) is 6.31. The van der Waals surface area contributed by atoms with E-state index in [0.29, 0.717) is 22.7 Å². The molecule has 0 fully saturated rings. The van der Waals surface area contributed by atoms with Crippen molar-refractivity contribution in [2.75, 3.05) is 11.1 Å². The summed E-state index contributed by atoms with van der Waals surface area (Å²) in [4.78, 5) is 12.4. The van der Waals surface area contributed by atoms with Crippen LogP contribution in [0.15, 0.2) is 42.5 Å². The molecule has 0 aliphatic rings. The molecule has 1 amide bonds. The molecule has 0 spiro atoms. The summed E-state index contributed by atoms with van der Waals surface area (Å²) in [5.74, 6) is 0.406. The van der Waals surface area contributed by atoms with Crippen molar-refractivity contribution in [3.63, 3.8) is 0 Å². The number of nitrogens with two attached hydrogens (primary N) is 1. The van der Waals surface area contributed by atoms with Gasteiger partial charge in [-0.25, -0.2) is 0 Å². The van der Waals surface area contributed by atoms with Crippen LogP contribution in [0.25, 0.3) is 0 Å². The Labute approximate surface area is 124 Å². The topological polar surface area (TPSA) is 64.4 Å². The number of carbonyl (C=O) groups excluding carboxylic acids is 1. The highest BCUT2D eigenvalue weighted by molar-refractivity contribution is 6.08. The minimum Gasteiger partial charge on any atom is -0.489 e. The first-order chi connectivity index (χ1) is 9.97. The number of nitrogens with one attached hydrogen (secondary N) is 1. The standard InChI is InChI=1S/C17H20N2O2/c1-11(2)21-16-7-5-4-6-15(16)19-17(20)13-10-12(3)8-9-14(13)18/h4-11H,18H2,1-3H3,(H,19,20). The average molecular weight is 284 g/mol. The third kappa shape index (κ3) is 3.75. The number of anilines is 2. The van der Waals surface area contributed by atoms with Crippen molar-refractivity contribution in [2.24, 2.45) is 0 Å². The third-order valence-electron chi connectivity index (χ3n) is 2.95. The molecule has 0 heterocycles. The Morgan fingerprint density at radius 1 is 1.19 bits per heavy atom. The number of hydrogen-bond acceptors (Lipinski definition) is 3. The number of hydrogen-bond donors (Lipinski definition) is 2. The summed E-state index contributed by atoms with van der Waals surface area (Å²) in [6.45, 7) is 5.81. The van der Waals surface area contributed by atoms with Crippen molar-refractivity contribution < 1.29 is 9.53 Å². The molecule has 0 bridgehead atoms. The lowest BCUT2D eigenvalue weighted by Gasteiger charge is -2.15. The molecule has 110 valence electrons. The van der Waals surface area contributed by atoms with Crippen LogP contribution >= 0.6 is 0 Å². The maximum atomic E-state index is 12.4. The minimum absolute atomic E-state index is 0.0343. The van der Waals surface area contributed by atoms with E-state index in [0.717, 1.165) is 5.56 Å². The van der Waals surface area contributed by atoms with Gasteiger partial charge in [0.15, 0.2) is 0 Å². The molecule has 2 rings (SSSR count). The van der Waals surface area contributed by atoms with Gasteiger partial charge in [0.25, 0.3) is 5.91 Å². The normalized spacial score (nSPS) is 10.5. The van der Waals surface area contributed by atoms with Crippen molar-refractivity contribution in [1.29, 1.82) is 0 Å². The molecular formula is C17H20N2O2. The number of rotatable bonds is 4. The molecule has 4 nitrogen and oxygen atoms in total. The van der Waals surface area contributed by atoms with Crippen molar-refractivity contribution in [1.82, 2.24) is 0 Å². The molecule has 0 saturated carbocycles. The smallest absolute Gasteiger partial charge is 0.257 e. The molecule has 2 aromatic rings. The summed E-state index contributed by atoms with van der Waals surface area (Å²) < 4.78 is 5.69. The largest absolute Gasteiger partial charge is 0.489 e. The number of carbonyl (C=O) groups is 1. The summed E-state index contributed by atoms with van der Waals surface area (Å²) in [5, 5.41) is 2.86. The maximum Gasteiger partial charge on any atom is 0.257 e. The fourth-order valence-electron chi connectivity index (χ4n) is 1.98. The van der Waals surface area contributed by atoms with Crippen molar-refractivity contribution in [3.8, 4) is 5.75 Å². The maximum absolute atomic E-state index is 12.4. The van der Waals surface area contributed by atoms with E-state index in [9.17, 15) is 4.79 Å². The summed E-state index contributed by atoms with van der Waals surface area (Å²) in [6, 6.07) is 12.7. The summed E-state index contributed by atoms with van der Waals surface area (Å²) in [7, 11) is 0. The Balaban J connectivity index is 2.25. The van der Waals surface area contributed by atoms with E-state index in [-0.39, 0.29) is 12.0 Å². The van der Waals surface area contributed by atoms with Crippen LogP contribution in [0, 0.1) is 6.92 Å². The monoisotopic (exact) mass is 284 g/mol. The van der Waals surface area contributed by atoms with E-state index in [4.69, 9.17) is 10.5 Å². The van der Waals surface area contributed by atoms with E-state index in [1.165, 1.54) is 0 Å². The third-order valence-corrected chi connectivity index (χ3v) is 2.95. The van der Waals surface area contributed by atoms with Gasteiger partial charge in [0.1, 0.15) is 5.75 Å². The zero-order valence-electron chi connectivity index (χ0n) is 12.5. The zero-order chi connectivity index (χ0) is 15.4. The van der Waals surface area contributed by atoms with Gasteiger partial charge >= 0.3 is 0 Å². The van der Waals surface area contributed by atoms with Gasteiger partial charge in [-0.15, -0.1) is 0 Å². The van der Waals surface area contributed by atoms with Gasteiger partial charge in [-0.2, -0.15) is 0 Å². The Morgan fingerprint density at radius 2 is 1.90 bits per heavy atom. The lowest BCUT2D eigenvalue weighted by atomic mass is 10.1. The van der Waals surface area contributed by atoms with Crippen LogP contribution < -0.4 is 15.8 Å². The van der Waals surface area contributed by atoms with Crippen LogP contribution in [0.1, 0.15) is 29.8 Å². The fourth-order valence-corrected chi connectivity index (χ4v) is 1.98. The first kappa shape index (κ1) is 14.9. The van der Waals surface area contributed by atoms with E-state index in [1.54, 1.807) is 12.1 Å². The van der Waals surface area contributed by atoms with Crippen LogP contribution in [0.2, 0.25) is 0 Å². The first-order valence-electron chi connectivity index (χ1n) is 6.90. The molecule has 0 unspecified atom stereocenters. The highest BCUT2D eigenvalue weighted by atomic mass is 16.5. The lowest BCUT2D eigenvalue weighted by molar-refractivity contribution is 0.102. The second-order valence-corrected chi connectivity index (χ2v) is 5.21. The van der Waals surface area contributed by atoms with Crippen LogP contribution in [-0.2, 0) is 0 Å². The van der Waals surface area contributed by atoms with Crippen molar-refractivity contribution in [2.45, 2.75) is 26.9 Å². The van der Waals surface area contributed by atoms with Crippen molar-refractivity contribution in [3.05, 3.63) is 53.6 Å². The van der Waals surface area contributed by atoms with E-state index < -0.39 is 0 Å². The van der Waals surface area contributed by atoms with E-state index in [2.05, 4.69) is 5.32 Å². The number of para-hydroxylation sites is 2. The molecule has 0 aliphatic heterocycles. The van der Waals surface area contributed by atoms with Crippen LogP contribution in [0.5, 0.6) is 5.75 Å². The molecular weight excluding hydrogens is 264 g/mol. The molecule has 4 heteroatoms. The Morgan fingerprint density at radius 3 is 2.62 bits per heavy atom. The highest BCUT2D eigenvalue weighted by Gasteiger charge is 2.13. The van der Waals surface area contributed by atoms with Gasteiger partial charge < -0.3 is 15.8 Å². The fraction of sp³-hybridized carbons (Fsp3) is 0.235. The highest BCUT2D eigenvalue weighted by Crippen LogP contribution is 2.26. The van der Waals surface area contributed by atoms with Gasteiger partial charge in [0.05, 0.1) is 17.4 Å². The molecule has 0 radical (unpaired) electrons. The Bertz CT molecular complexity index is 651. The number of benzene rings is 2. The molecule has 3 N–H and O–H groups in total. The minimum atomic E-state index is -0.240. The number of ether oxygens (including phenoxy) is 1. The quantitative estimate of drug-likeness (QED) is 0.843. The van der Waals surface area contributed by atoms with Gasteiger partial charge in [-0.1, -0.05) is 23.8 Å².